The van der Waals surface area contributed by atoms with Crippen LogP contribution in [0.4, 0.5) is 4.79 Å². The molecule has 1 aromatic rings. The number of hydrogen-bond acceptors (Lipinski definition) is 2. The van der Waals surface area contributed by atoms with Crippen LogP contribution in [0.2, 0.25) is 0 Å². The Morgan fingerprint density at radius 3 is 2.89 bits per heavy atom. The molecule has 1 amide bonds. The van der Waals surface area contributed by atoms with Crippen LogP contribution in [0.3, 0.4) is 0 Å². The number of hydrogen-bond donors (Lipinski definition) is 1. The van der Waals surface area contributed by atoms with Gasteiger partial charge in [-0.1, -0.05) is 22.0 Å². The summed E-state index contributed by atoms with van der Waals surface area (Å²) >= 11 is 3.41. The molecule has 0 spiro atoms. The van der Waals surface area contributed by atoms with Crippen molar-refractivity contribution in [2.24, 2.45) is 0 Å². The molecule has 0 bridgehead atoms. The van der Waals surface area contributed by atoms with Crippen molar-refractivity contribution in [3.05, 3.63) is 33.8 Å². The number of morpholine rings is 1. The summed E-state index contributed by atoms with van der Waals surface area (Å²) in [6.45, 7) is 4.70. The third-order valence-electron chi connectivity index (χ3n) is 3.21. The van der Waals surface area contributed by atoms with Gasteiger partial charge in [-0.25, -0.2) is 4.79 Å². The molecular formula is C13H16BrNO3. The van der Waals surface area contributed by atoms with Crippen molar-refractivity contribution in [3.63, 3.8) is 0 Å². The highest BCUT2D eigenvalue weighted by Crippen LogP contribution is 2.30. The Bertz CT molecular complexity index is 464. The van der Waals surface area contributed by atoms with Crippen LogP contribution in [-0.2, 0) is 4.74 Å². The molecule has 1 fully saturated rings. The Morgan fingerprint density at radius 2 is 2.28 bits per heavy atom. The maximum absolute atomic E-state index is 11.3. The molecule has 1 heterocycles. The van der Waals surface area contributed by atoms with Crippen LogP contribution in [0.15, 0.2) is 22.7 Å². The molecule has 5 heteroatoms. The molecule has 0 unspecified atom stereocenters. The van der Waals surface area contributed by atoms with E-state index in [2.05, 4.69) is 15.9 Å². The number of rotatable bonds is 1. The first-order valence-corrected chi connectivity index (χ1v) is 6.65. The van der Waals surface area contributed by atoms with E-state index in [-0.39, 0.29) is 12.1 Å². The van der Waals surface area contributed by atoms with Gasteiger partial charge in [-0.2, -0.15) is 0 Å². The van der Waals surface area contributed by atoms with Crippen LogP contribution in [0, 0.1) is 6.92 Å². The number of aryl methyl sites for hydroxylation is 1. The maximum atomic E-state index is 11.3. The van der Waals surface area contributed by atoms with E-state index in [9.17, 15) is 9.90 Å². The number of carbonyl (C=O) groups is 1. The zero-order valence-corrected chi connectivity index (χ0v) is 12.0. The third kappa shape index (κ3) is 2.67. The van der Waals surface area contributed by atoms with Crippen molar-refractivity contribution in [2.45, 2.75) is 26.0 Å². The van der Waals surface area contributed by atoms with E-state index in [4.69, 9.17) is 4.74 Å². The van der Waals surface area contributed by atoms with E-state index in [0.717, 1.165) is 15.6 Å². The van der Waals surface area contributed by atoms with Crippen molar-refractivity contribution in [1.29, 1.82) is 0 Å². The summed E-state index contributed by atoms with van der Waals surface area (Å²) in [6.07, 6.45) is -0.939. The molecule has 0 saturated carbocycles. The first-order chi connectivity index (χ1) is 8.49. The minimum atomic E-state index is -0.891. The quantitative estimate of drug-likeness (QED) is 0.866. The summed E-state index contributed by atoms with van der Waals surface area (Å²) in [5.74, 6) is 0. The predicted molar refractivity (Wildman–Crippen MR) is 71.8 cm³/mol. The molecule has 18 heavy (non-hydrogen) atoms. The highest BCUT2D eigenvalue weighted by molar-refractivity contribution is 9.10. The van der Waals surface area contributed by atoms with E-state index in [1.807, 2.05) is 32.0 Å². The Balaban J connectivity index is 2.32. The summed E-state index contributed by atoms with van der Waals surface area (Å²) in [7, 11) is 0. The average Bonchev–Trinajstić information content (AvgIpc) is 2.29. The van der Waals surface area contributed by atoms with Gasteiger partial charge < -0.3 is 9.84 Å². The fraction of sp³-hybridized carbons (Fsp3) is 0.462. The van der Waals surface area contributed by atoms with Gasteiger partial charge in [-0.3, -0.25) is 4.90 Å². The first-order valence-electron chi connectivity index (χ1n) is 5.86. The largest absolute Gasteiger partial charge is 0.465 e. The van der Waals surface area contributed by atoms with E-state index < -0.39 is 6.09 Å². The molecule has 1 aromatic carbocycles. The van der Waals surface area contributed by atoms with Crippen LogP contribution < -0.4 is 0 Å². The Morgan fingerprint density at radius 1 is 1.56 bits per heavy atom. The molecule has 1 aliphatic rings. The van der Waals surface area contributed by atoms with Gasteiger partial charge in [0, 0.05) is 4.47 Å². The molecule has 1 saturated heterocycles. The van der Waals surface area contributed by atoms with Crippen molar-refractivity contribution in [3.8, 4) is 0 Å². The fourth-order valence-corrected chi connectivity index (χ4v) is 2.76. The van der Waals surface area contributed by atoms with Crippen molar-refractivity contribution in [1.82, 2.24) is 4.90 Å². The lowest BCUT2D eigenvalue weighted by molar-refractivity contribution is -0.0466. The molecule has 0 aromatic heterocycles. The van der Waals surface area contributed by atoms with E-state index in [0.29, 0.717) is 13.2 Å². The molecule has 4 nitrogen and oxygen atoms in total. The zero-order chi connectivity index (χ0) is 13.3. The minimum Gasteiger partial charge on any atom is -0.465 e. The maximum Gasteiger partial charge on any atom is 0.407 e. The molecule has 1 aliphatic heterocycles. The highest BCUT2D eigenvalue weighted by atomic mass is 79.9. The zero-order valence-electron chi connectivity index (χ0n) is 10.4. The van der Waals surface area contributed by atoms with Crippen molar-refractivity contribution >= 4 is 22.0 Å². The van der Waals surface area contributed by atoms with Crippen LogP contribution in [0.25, 0.3) is 0 Å². The number of carboxylic acid groups (broad SMARTS) is 1. The molecule has 1 N–H and O–H groups in total. The van der Waals surface area contributed by atoms with E-state index in [1.165, 1.54) is 4.90 Å². The second kappa shape index (κ2) is 5.28. The van der Waals surface area contributed by atoms with E-state index in [1.54, 1.807) is 0 Å². The van der Waals surface area contributed by atoms with Crippen LogP contribution in [-0.4, -0.2) is 35.4 Å². The second-order valence-electron chi connectivity index (χ2n) is 4.60. The van der Waals surface area contributed by atoms with Gasteiger partial charge in [0.1, 0.15) is 0 Å². The van der Waals surface area contributed by atoms with Crippen LogP contribution in [0.1, 0.15) is 24.1 Å². The average molecular weight is 314 g/mol. The van der Waals surface area contributed by atoms with Crippen molar-refractivity contribution < 1.29 is 14.6 Å². The van der Waals surface area contributed by atoms with Gasteiger partial charge in [-0.15, -0.1) is 0 Å². The monoisotopic (exact) mass is 313 g/mol. The standard InChI is InChI=1S/C13H16BrNO3/c1-8-5-10(14)3-4-11(8)12-7-18-9(2)6-15(12)13(16)17/h3-5,9,12H,6-7H2,1-2H3,(H,16,17)/t9-,12-/m0/s1. The number of halogens is 1. The smallest absolute Gasteiger partial charge is 0.407 e. The topological polar surface area (TPSA) is 49.8 Å². The highest BCUT2D eigenvalue weighted by Gasteiger charge is 2.32. The van der Waals surface area contributed by atoms with E-state index >= 15 is 0 Å². The Hall–Kier alpha value is -1.07. The molecule has 2 atom stereocenters. The lowest BCUT2D eigenvalue weighted by Crippen LogP contribution is -2.46. The number of nitrogens with zero attached hydrogens (tertiary/aromatic N) is 1. The number of ether oxygens (including phenoxy) is 1. The Kier molecular flexibility index (Phi) is 3.92. The molecular weight excluding hydrogens is 298 g/mol. The van der Waals surface area contributed by atoms with Gasteiger partial charge in [0.2, 0.25) is 0 Å². The van der Waals surface area contributed by atoms with Gasteiger partial charge in [0.05, 0.1) is 25.3 Å². The number of amides is 1. The SMILES string of the molecule is Cc1cc(Br)ccc1[C@@H]1CO[C@@H](C)CN1C(=O)O. The van der Waals surface area contributed by atoms with Gasteiger partial charge in [-0.05, 0) is 37.1 Å². The van der Waals surface area contributed by atoms with Gasteiger partial charge in [0.15, 0.2) is 0 Å². The summed E-state index contributed by atoms with van der Waals surface area (Å²) in [4.78, 5) is 12.8. The fourth-order valence-electron chi connectivity index (χ4n) is 2.28. The molecule has 0 aliphatic carbocycles. The van der Waals surface area contributed by atoms with Gasteiger partial charge in [0.25, 0.3) is 0 Å². The predicted octanol–water partition coefficient (Wildman–Crippen LogP) is 3.20. The third-order valence-corrected chi connectivity index (χ3v) is 3.70. The van der Waals surface area contributed by atoms with Crippen molar-refractivity contribution in [2.75, 3.05) is 13.2 Å². The summed E-state index contributed by atoms with van der Waals surface area (Å²) < 4.78 is 6.59. The normalized spacial score (nSPS) is 24.1. The lowest BCUT2D eigenvalue weighted by Gasteiger charge is -2.37. The molecule has 98 valence electrons. The summed E-state index contributed by atoms with van der Waals surface area (Å²) in [5.41, 5.74) is 2.08. The second-order valence-corrected chi connectivity index (χ2v) is 5.51. The summed E-state index contributed by atoms with van der Waals surface area (Å²) in [5, 5.41) is 9.29. The Labute approximate surface area is 115 Å². The number of benzene rings is 1. The van der Waals surface area contributed by atoms with Crippen LogP contribution >= 0.6 is 15.9 Å². The summed E-state index contributed by atoms with van der Waals surface area (Å²) in [6, 6.07) is 5.67. The minimum absolute atomic E-state index is 0.0481. The molecule has 2 rings (SSSR count). The van der Waals surface area contributed by atoms with Crippen LogP contribution in [0.5, 0.6) is 0 Å². The van der Waals surface area contributed by atoms with Gasteiger partial charge >= 0.3 is 6.09 Å². The first kappa shape index (κ1) is 13.4. The molecule has 0 radical (unpaired) electrons. The lowest BCUT2D eigenvalue weighted by atomic mass is 9.99.